The minimum absolute atomic E-state index is 0.0826. The molecule has 116 valence electrons. The van der Waals surface area contributed by atoms with Crippen LogP contribution in [0.25, 0.3) is 0 Å². The van der Waals surface area contributed by atoms with Gasteiger partial charge in [0.05, 0.1) is 18.8 Å². The number of carbonyl (C=O) groups excluding carboxylic acids is 1. The molecule has 5 heteroatoms. The number of hydrogen-bond donors (Lipinski definition) is 1. The molecule has 0 spiro atoms. The molecule has 0 saturated carbocycles. The molecule has 21 heavy (non-hydrogen) atoms. The molecule has 2 unspecified atom stereocenters. The second-order valence-corrected chi connectivity index (χ2v) is 5.63. The summed E-state index contributed by atoms with van der Waals surface area (Å²) in [7, 11) is 1.63. The standard InChI is InChI=1S/C16H24N2O3/c1-11(2)21-13-6-4-12(5-7-13)16-14(17)10-15(19)18(16)8-9-20-3/h4-7,11,14,16H,8-10,17H2,1-3H3. The van der Waals surface area contributed by atoms with Crippen molar-refractivity contribution in [3.63, 3.8) is 0 Å². The van der Waals surface area contributed by atoms with Crippen LogP contribution in [0.2, 0.25) is 0 Å². The van der Waals surface area contributed by atoms with Gasteiger partial charge in [-0.25, -0.2) is 0 Å². The van der Waals surface area contributed by atoms with Gasteiger partial charge in [-0.05, 0) is 31.5 Å². The summed E-state index contributed by atoms with van der Waals surface area (Å²) in [5, 5.41) is 0. The molecule has 0 bridgehead atoms. The van der Waals surface area contributed by atoms with Crippen molar-refractivity contribution in [2.45, 2.75) is 38.5 Å². The maximum atomic E-state index is 12.1. The predicted molar refractivity (Wildman–Crippen MR) is 81.1 cm³/mol. The van der Waals surface area contributed by atoms with Gasteiger partial charge in [0, 0.05) is 26.1 Å². The fourth-order valence-corrected chi connectivity index (χ4v) is 2.71. The summed E-state index contributed by atoms with van der Waals surface area (Å²) in [6.07, 6.45) is 0.530. The fraction of sp³-hybridized carbons (Fsp3) is 0.562. The minimum Gasteiger partial charge on any atom is -0.491 e. The molecule has 1 fully saturated rings. The smallest absolute Gasteiger partial charge is 0.224 e. The van der Waals surface area contributed by atoms with E-state index < -0.39 is 0 Å². The predicted octanol–water partition coefficient (Wildman–Crippen LogP) is 1.72. The Morgan fingerprint density at radius 2 is 2.00 bits per heavy atom. The first kappa shape index (κ1) is 15.8. The lowest BCUT2D eigenvalue weighted by molar-refractivity contribution is -0.129. The summed E-state index contributed by atoms with van der Waals surface area (Å²) in [5.74, 6) is 0.919. The van der Waals surface area contributed by atoms with Crippen molar-refractivity contribution in [1.29, 1.82) is 0 Å². The lowest BCUT2D eigenvalue weighted by Crippen LogP contribution is -2.35. The molecule has 1 aromatic rings. The maximum absolute atomic E-state index is 12.1. The lowest BCUT2D eigenvalue weighted by Gasteiger charge is -2.27. The molecule has 1 saturated heterocycles. The summed E-state index contributed by atoms with van der Waals surface area (Å²) in [5.41, 5.74) is 7.19. The van der Waals surface area contributed by atoms with Crippen LogP contribution in [0.3, 0.4) is 0 Å². The van der Waals surface area contributed by atoms with Crippen LogP contribution in [0.5, 0.6) is 5.75 Å². The zero-order valence-electron chi connectivity index (χ0n) is 12.9. The first-order chi connectivity index (χ1) is 10.0. The van der Waals surface area contributed by atoms with E-state index in [1.165, 1.54) is 0 Å². The van der Waals surface area contributed by atoms with Crippen LogP contribution < -0.4 is 10.5 Å². The van der Waals surface area contributed by atoms with Crippen molar-refractivity contribution < 1.29 is 14.3 Å². The third-order valence-corrected chi connectivity index (χ3v) is 3.60. The molecular weight excluding hydrogens is 268 g/mol. The Hall–Kier alpha value is -1.59. The van der Waals surface area contributed by atoms with Crippen molar-refractivity contribution in [2.75, 3.05) is 20.3 Å². The Balaban J connectivity index is 2.15. The number of benzene rings is 1. The van der Waals surface area contributed by atoms with Gasteiger partial charge >= 0.3 is 0 Å². The average Bonchev–Trinajstić information content (AvgIpc) is 2.71. The van der Waals surface area contributed by atoms with Crippen molar-refractivity contribution >= 4 is 5.91 Å². The maximum Gasteiger partial charge on any atom is 0.224 e. The van der Waals surface area contributed by atoms with Crippen molar-refractivity contribution in [1.82, 2.24) is 4.90 Å². The molecule has 1 aromatic carbocycles. The molecule has 2 rings (SSSR count). The second kappa shape index (κ2) is 6.91. The highest BCUT2D eigenvalue weighted by Crippen LogP contribution is 2.32. The third kappa shape index (κ3) is 3.74. The summed E-state index contributed by atoms with van der Waals surface area (Å²) in [4.78, 5) is 13.9. The van der Waals surface area contributed by atoms with E-state index in [4.69, 9.17) is 15.2 Å². The summed E-state index contributed by atoms with van der Waals surface area (Å²) in [6.45, 7) is 5.07. The number of rotatable bonds is 6. The summed E-state index contributed by atoms with van der Waals surface area (Å²) < 4.78 is 10.7. The Kier molecular flexibility index (Phi) is 5.20. The van der Waals surface area contributed by atoms with Gasteiger partial charge in [-0.2, -0.15) is 0 Å². The van der Waals surface area contributed by atoms with E-state index in [1.54, 1.807) is 7.11 Å². The Morgan fingerprint density at radius 3 is 2.57 bits per heavy atom. The number of carbonyl (C=O) groups is 1. The number of ether oxygens (including phenoxy) is 2. The van der Waals surface area contributed by atoms with E-state index in [-0.39, 0.29) is 24.1 Å². The first-order valence-electron chi connectivity index (χ1n) is 7.33. The average molecular weight is 292 g/mol. The van der Waals surface area contributed by atoms with E-state index >= 15 is 0 Å². The second-order valence-electron chi connectivity index (χ2n) is 5.63. The van der Waals surface area contributed by atoms with Gasteiger partial charge in [-0.3, -0.25) is 4.79 Å². The molecule has 0 aromatic heterocycles. The number of amides is 1. The normalized spacial score (nSPS) is 22.1. The van der Waals surface area contributed by atoms with E-state index in [0.29, 0.717) is 19.6 Å². The quantitative estimate of drug-likeness (QED) is 0.867. The Morgan fingerprint density at radius 1 is 1.33 bits per heavy atom. The van der Waals surface area contributed by atoms with Crippen LogP contribution in [0.15, 0.2) is 24.3 Å². The van der Waals surface area contributed by atoms with E-state index in [1.807, 2.05) is 43.0 Å². The highest BCUT2D eigenvalue weighted by atomic mass is 16.5. The molecule has 0 radical (unpaired) electrons. The highest BCUT2D eigenvalue weighted by molar-refractivity contribution is 5.80. The third-order valence-electron chi connectivity index (χ3n) is 3.60. The molecule has 0 aliphatic carbocycles. The van der Waals surface area contributed by atoms with E-state index in [9.17, 15) is 4.79 Å². The number of methoxy groups -OCH3 is 1. The molecular formula is C16H24N2O3. The molecule has 1 aliphatic heterocycles. The van der Waals surface area contributed by atoms with E-state index in [0.717, 1.165) is 11.3 Å². The van der Waals surface area contributed by atoms with Gasteiger partial charge in [0.25, 0.3) is 0 Å². The lowest BCUT2D eigenvalue weighted by atomic mass is 10.0. The van der Waals surface area contributed by atoms with Gasteiger partial charge in [0.1, 0.15) is 5.75 Å². The zero-order valence-corrected chi connectivity index (χ0v) is 12.9. The largest absolute Gasteiger partial charge is 0.491 e. The molecule has 1 aliphatic rings. The summed E-state index contributed by atoms with van der Waals surface area (Å²) in [6, 6.07) is 7.58. The van der Waals surface area contributed by atoms with Gasteiger partial charge < -0.3 is 20.1 Å². The molecule has 5 nitrogen and oxygen atoms in total. The van der Waals surface area contributed by atoms with Gasteiger partial charge in [-0.15, -0.1) is 0 Å². The Bertz CT molecular complexity index is 473. The van der Waals surface area contributed by atoms with Crippen LogP contribution >= 0.6 is 0 Å². The number of nitrogens with zero attached hydrogens (tertiary/aromatic N) is 1. The van der Waals surface area contributed by atoms with Crippen molar-refractivity contribution in [3.8, 4) is 5.75 Å². The minimum atomic E-state index is -0.175. The zero-order chi connectivity index (χ0) is 15.4. The number of hydrogen-bond acceptors (Lipinski definition) is 4. The van der Waals surface area contributed by atoms with Crippen LogP contribution in [0.1, 0.15) is 31.9 Å². The Labute approximate surface area is 126 Å². The van der Waals surface area contributed by atoms with Gasteiger partial charge in [0.15, 0.2) is 0 Å². The molecule has 2 N–H and O–H groups in total. The highest BCUT2D eigenvalue weighted by Gasteiger charge is 2.38. The van der Waals surface area contributed by atoms with Crippen LogP contribution in [-0.2, 0) is 9.53 Å². The molecule has 1 heterocycles. The molecule has 1 amide bonds. The monoisotopic (exact) mass is 292 g/mol. The van der Waals surface area contributed by atoms with Gasteiger partial charge in [0.2, 0.25) is 5.91 Å². The van der Waals surface area contributed by atoms with Crippen LogP contribution in [-0.4, -0.2) is 43.2 Å². The van der Waals surface area contributed by atoms with Crippen molar-refractivity contribution in [3.05, 3.63) is 29.8 Å². The number of nitrogens with two attached hydrogens (primary N) is 1. The summed E-state index contributed by atoms with van der Waals surface area (Å²) >= 11 is 0. The fourth-order valence-electron chi connectivity index (χ4n) is 2.71. The van der Waals surface area contributed by atoms with Crippen LogP contribution in [0.4, 0.5) is 0 Å². The van der Waals surface area contributed by atoms with Gasteiger partial charge in [-0.1, -0.05) is 12.1 Å². The van der Waals surface area contributed by atoms with E-state index in [2.05, 4.69) is 0 Å². The number of likely N-dealkylation sites (tertiary alicyclic amines) is 1. The first-order valence-corrected chi connectivity index (χ1v) is 7.33. The topological polar surface area (TPSA) is 64.8 Å². The van der Waals surface area contributed by atoms with Crippen molar-refractivity contribution in [2.24, 2.45) is 5.73 Å². The molecule has 2 atom stereocenters. The SMILES string of the molecule is COCCN1C(=O)CC(N)C1c1ccc(OC(C)C)cc1. The van der Waals surface area contributed by atoms with Crippen LogP contribution in [0, 0.1) is 0 Å².